The Balaban J connectivity index is 2.50. The van der Waals surface area contributed by atoms with Gasteiger partial charge >= 0.3 is 0 Å². The summed E-state index contributed by atoms with van der Waals surface area (Å²) < 4.78 is 5.40. The predicted octanol–water partition coefficient (Wildman–Crippen LogP) is 0.823. The molecule has 0 bridgehead atoms. The molecular formula is C13H16N2O3. The molecule has 0 heterocycles. The van der Waals surface area contributed by atoms with Gasteiger partial charge in [-0.1, -0.05) is 0 Å². The van der Waals surface area contributed by atoms with E-state index in [9.17, 15) is 4.79 Å². The normalized spacial score (nSPS) is 13.2. The van der Waals surface area contributed by atoms with Gasteiger partial charge in [0.15, 0.2) is 6.10 Å². The van der Waals surface area contributed by atoms with E-state index in [1.54, 1.807) is 38.1 Å². The van der Waals surface area contributed by atoms with Crippen molar-refractivity contribution in [3.05, 3.63) is 29.8 Å². The van der Waals surface area contributed by atoms with Gasteiger partial charge < -0.3 is 15.2 Å². The van der Waals surface area contributed by atoms with Crippen molar-refractivity contribution < 1.29 is 14.6 Å². The van der Waals surface area contributed by atoms with E-state index < -0.39 is 12.2 Å². The van der Waals surface area contributed by atoms with Crippen molar-refractivity contribution in [2.45, 2.75) is 26.1 Å². The summed E-state index contributed by atoms with van der Waals surface area (Å²) in [5.41, 5.74) is 0.536. The molecule has 0 aliphatic carbocycles. The van der Waals surface area contributed by atoms with Crippen molar-refractivity contribution in [3.8, 4) is 11.8 Å². The molecule has 0 spiro atoms. The van der Waals surface area contributed by atoms with Crippen LogP contribution in [0.25, 0.3) is 0 Å². The van der Waals surface area contributed by atoms with Gasteiger partial charge in [-0.2, -0.15) is 5.26 Å². The average Bonchev–Trinajstić information content (AvgIpc) is 2.36. The topological polar surface area (TPSA) is 82.3 Å². The van der Waals surface area contributed by atoms with Gasteiger partial charge in [-0.3, -0.25) is 4.79 Å². The molecule has 5 heteroatoms. The summed E-state index contributed by atoms with van der Waals surface area (Å²) >= 11 is 0. The zero-order chi connectivity index (χ0) is 13.5. The van der Waals surface area contributed by atoms with Gasteiger partial charge in [0.05, 0.1) is 17.7 Å². The number of aliphatic hydroxyl groups excluding tert-OH is 1. The molecule has 0 aliphatic heterocycles. The van der Waals surface area contributed by atoms with Gasteiger partial charge in [0.2, 0.25) is 0 Å². The summed E-state index contributed by atoms with van der Waals surface area (Å²) in [6.45, 7) is 3.40. The number of hydrogen-bond acceptors (Lipinski definition) is 4. The van der Waals surface area contributed by atoms with Crippen molar-refractivity contribution in [2.24, 2.45) is 0 Å². The Hall–Kier alpha value is -2.06. The fourth-order valence-electron chi connectivity index (χ4n) is 1.26. The molecule has 2 atom stereocenters. The lowest BCUT2D eigenvalue weighted by atomic mass is 10.2. The van der Waals surface area contributed by atoms with Crippen molar-refractivity contribution in [1.29, 1.82) is 5.26 Å². The maximum atomic E-state index is 11.6. The van der Waals surface area contributed by atoms with E-state index in [0.717, 1.165) is 0 Å². The van der Waals surface area contributed by atoms with Crippen LogP contribution in [0.5, 0.6) is 5.75 Å². The van der Waals surface area contributed by atoms with Crippen molar-refractivity contribution in [2.75, 3.05) is 6.54 Å². The molecule has 2 N–H and O–H groups in total. The highest BCUT2D eigenvalue weighted by atomic mass is 16.5. The fourth-order valence-corrected chi connectivity index (χ4v) is 1.26. The van der Waals surface area contributed by atoms with Gasteiger partial charge in [-0.15, -0.1) is 0 Å². The Morgan fingerprint density at radius 2 is 2.06 bits per heavy atom. The number of hydrogen-bond donors (Lipinski definition) is 2. The Morgan fingerprint density at radius 1 is 1.44 bits per heavy atom. The number of ether oxygens (including phenoxy) is 1. The van der Waals surface area contributed by atoms with Crippen LogP contribution in [0.2, 0.25) is 0 Å². The number of amides is 1. The number of nitriles is 1. The van der Waals surface area contributed by atoms with E-state index in [0.29, 0.717) is 11.3 Å². The van der Waals surface area contributed by atoms with Crippen LogP contribution < -0.4 is 10.1 Å². The molecule has 0 saturated carbocycles. The Morgan fingerprint density at radius 3 is 2.56 bits per heavy atom. The zero-order valence-corrected chi connectivity index (χ0v) is 10.4. The van der Waals surface area contributed by atoms with Gasteiger partial charge in [-0.25, -0.2) is 0 Å². The van der Waals surface area contributed by atoms with Crippen LogP contribution >= 0.6 is 0 Å². The van der Waals surface area contributed by atoms with Crippen molar-refractivity contribution in [1.82, 2.24) is 5.32 Å². The SMILES string of the molecule is CC(Oc1ccc(C#N)cc1)C(=O)NC[C@@H](C)O. The molecule has 0 aromatic heterocycles. The highest BCUT2D eigenvalue weighted by Crippen LogP contribution is 2.13. The lowest BCUT2D eigenvalue weighted by Crippen LogP contribution is -2.39. The highest BCUT2D eigenvalue weighted by molar-refractivity contribution is 5.80. The second-order valence-electron chi connectivity index (χ2n) is 3.99. The molecule has 0 radical (unpaired) electrons. The van der Waals surface area contributed by atoms with Gasteiger partial charge in [0.1, 0.15) is 5.75 Å². The summed E-state index contributed by atoms with van der Waals surface area (Å²) in [5.74, 6) is 0.231. The van der Waals surface area contributed by atoms with Gasteiger partial charge in [0.25, 0.3) is 5.91 Å². The van der Waals surface area contributed by atoms with Gasteiger partial charge in [-0.05, 0) is 38.1 Å². The standard InChI is InChI=1S/C13H16N2O3/c1-9(16)8-15-13(17)10(2)18-12-5-3-11(7-14)4-6-12/h3-6,9-10,16H,8H2,1-2H3,(H,15,17)/t9-,10?/m1/s1. The third-order valence-corrected chi connectivity index (χ3v) is 2.24. The summed E-state index contributed by atoms with van der Waals surface area (Å²) in [4.78, 5) is 11.6. The minimum atomic E-state index is -0.656. The van der Waals surface area contributed by atoms with E-state index in [2.05, 4.69) is 5.32 Å². The third-order valence-electron chi connectivity index (χ3n) is 2.24. The molecular weight excluding hydrogens is 232 g/mol. The second kappa shape index (κ2) is 6.62. The summed E-state index contributed by atoms with van der Waals surface area (Å²) in [5, 5.41) is 20.2. The molecule has 5 nitrogen and oxygen atoms in total. The maximum Gasteiger partial charge on any atom is 0.260 e. The first-order chi connectivity index (χ1) is 8.52. The average molecular weight is 248 g/mol. The van der Waals surface area contributed by atoms with Crippen LogP contribution in [0.3, 0.4) is 0 Å². The van der Waals surface area contributed by atoms with Crippen LogP contribution in [0.15, 0.2) is 24.3 Å². The monoisotopic (exact) mass is 248 g/mol. The summed E-state index contributed by atoms with van der Waals surface area (Å²) in [6.07, 6.45) is -1.24. The lowest BCUT2D eigenvalue weighted by Gasteiger charge is -2.15. The fraction of sp³-hybridized carbons (Fsp3) is 0.385. The first kappa shape index (κ1) is 14.0. The molecule has 1 rings (SSSR count). The van der Waals surface area contributed by atoms with Crippen LogP contribution in [-0.4, -0.2) is 29.8 Å². The number of carbonyl (C=O) groups is 1. The van der Waals surface area contributed by atoms with Crippen LogP contribution in [0.1, 0.15) is 19.4 Å². The summed E-state index contributed by atoms with van der Waals surface area (Å²) in [7, 11) is 0. The molecule has 0 saturated heterocycles. The van der Waals surface area contributed by atoms with Crippen molar-refractivity contribution in [3.63, 3.8) is 0 Å². The zero-order valence-electron chi connectivity index (χ0n) is 10.4. The molecule has 1 aromatic rings. The number of carbonyl (C=O) groups excluding carboxylic acids is 1. The van der Waals surface area contributed by atoms with E-state index in [-0.39, 0.29) is 12.5 Å². The first-order valence-electron chi connectivity index (χ1n) is 5.65. The highest BCUT2D eigenvalue weighted by Gasteiger charge is 2.14. The second-order valence-corrected chi connectivity index (χ2v) is 3.99. The number of aliphatic hydroxyl groups is 1. The molecule has 0 aliphatic rings. The van der Waals surface area contributed by atoms with Crippen LogP contribution in [-0.2, 0) is 4.79 Å². The van der Waals surface area contributed by atoms with E-state index in [1.807, 2.05) is 6.07 Å². The number of rotatable bonds is 5. The van der Waals surface area contributed by atoms with Crippen LogP contribution in [0.4, 0.5) is 0 Å². The number of nitrogens with zero attached hydrogens (tertiary/aromatic N) is 1. The third kappa shape index (κ3) is 4.44. The maximum absolute atomic E-state index is 11.6. The van der Waals surface area contributed by atoms with E-state index in [4.69, 9.17) is 15.1 Å². The largest absolute Gasteiger partial charge is 0.481 e. The molecule has 1 aromatic carbocycles. The minimum absolute atomic E-state index is 0.194. The Bertz CT molecular complexity index is 435. The van der Waals surface area contributed by atoms with Gasteiger partial charge in [0, 0.05) is 6.54 Å². The molecule has 96 valence electrons. The Kier molecular flexibility index (Phi) is 5.15. The lowest BCUT2D eigenvalue weighted by molar-refractivity contribution is -0.127. The minimum Gasteiger partial charge on any atom is -0.481 e. The predicted molar refractivity (Wildman–Crippen MR) is 65.9 cm³/mol. The Labute approximate surface area is 106 Å². The first-order valence-corrected chi connectivity index (χ1v) is 5.65. The smallest absolute Gasteiger partial charge is 0.260 e. The molecule has 18 heavy (non-hydrogen) atoms. The summed E-state index contributed by atoms with van der Waals surface area (Å²) in [6, 6.07) is 8.51. The quantitative estimate of drug-likeness (QED) is 0.808. The van der Waals surface area contributed by atoms with Crippen molar-refractivity contribution >= 4 is 5.91 Å². The van der Waals surface area contributed by atoms with E-state index in [1.165, 1.54) is 0 Å². The van der Waals surface area contributed by atoms with E-state index >= 15 is 0 Å². The molecule has 1 unspecified atom stereocenters. The number of nitrogens with one attached hydrogen (secondary N) is 1. The van der Waals surface area contributed by atoms with Crippen LogP contribution in [0, 0.1) is 11.3 Å². The number of benzene rings is 1. The molecule has 0 fully saturated rings. The molecule has 1 amide bonds.